The summed E-state index contributed by atoms with van der Waals surface area (Å²) in [5.41, 5.74) is 3.86. The number of fused-ring (bicyclic) bond motifs is 1. The summed E-state index contributed by atoms with van der Waals surface area (Å²) in [6.45, 7) is 12.4. The van der Waals surface area contributed by atoms with E-state index in [2.05, 4.69) is 65.9 Å². The average Bonchev–Trinajstić information content (AvgIpc) is 2.87. The van der Waals surface area contributed by atoms with Crippen molar-refractivity contribution in [2.24, 2.45) is 7.05 Å². The summed E-state index contributed by atoms with van der Waals surface area (Å²) in [5.74, 6) is 0.899. The molecule has 0 spiro atoms. The number of benzene rings is 1. The highest BCUT2D eigenvalue weighted by Crippen LogP contribution is 2.35. The minimum atomic E-state index is -0.0678. The lowest BCUT2D eigenvalue weighted by Crippen LogP contribution is -2.58. The Hall–Kier alpha value is -3.37. The third-order valence-electron chi connectivity index (χ3n) is 7.27. The molecule has 190 valence electrons. The second-order valence-electron chi connectivity index (χ2n) is 10.0. The minimum absolute atomic E-state index is 0.0678. The summed E-state index contributed by atoms with van der Waals surface area (Å²) < 4.78 is 7.45. The molecule has 4 rings (SSSR count). The number of nitrogens with zero attached hydrogens (tertiary/aromatic N) is 5. The number of piperazine rings is 1. The van der Waals surface area contributed by atoms with Crippen LogP contribution < -0.4 is 15.2 Å². The van der Waals surface area contributed by atoms with Crippen LogP contribution in [0, 0.1) is 11.3 Å². The highest BCUT2D eigenvalue weighted by Gasteiger charge is 2.36. The van der Waals surface area contributed by atoms with Gasteiger partial charge in [0, 0.05) is 44.3 Å². The van der Waals surface area contributed by atoms with Crippen LogP contribution in [0.2, 0.25) is 0 Å². The van der Waals surface area contributed by atoms with E-state index in [0.29, 0.717) is 23.3 Å². The number of ether oxygens (including phenoxy) is 1. The molecule has 0 saturated carbocycles. The minimum Gasteiger partial charge on any atom is -0.491 e. The van der Waals surface area contributed by atoms with Crippen LogP contribution in [-0.4, -0.2) is 45.7 Å². The first-order valence-electron chi connectivity index (χ1n) is 13.0. The molecule has 36 heavy (non-hydrogen) atoms. The van der Waals surface area contributed by atoms with Crippen LogP contribution in [0.15, 0.2) is 47.3 Å². The molecule has 1 aliphatic heterocycles. The van der Waals surface area contributed by atoms with Crippen molar-refractivity contribution in [1.82, 2.24) is 14.5 Å². The van der Waals surface area contributed by atoms with Gasteiger partial charge in [-0.25, -0.2) is 4.98 Å². The van der Waals surface area contributed by atoms with Gasteiger partial charge in [0.15, 0.2) is 0 Å². The monoisotopic (exact) mass is 487 g/mol. The van der Waals surface area contributed by atoms with Gasteiger partial charge in [0.2, 0.25) is 0 Å². The zero-order chi connectivity index (χ0) is 26.0. The van der Waals surface area contributed by atoms with E-state index in [0.717, 1.165) is 42.9 Å². The SMILES string of the molecule is CCC(c1ccc(OC(C)C)cc1)N1C[C@H](C)N(c2cc(=O)n(C)c3ccc(C#N)nc23)C[C@H]1CC. The summed E-state index contributed by atoms with van der Waals surface area (Å²) in [4.78, 5) is 22.4. The van der Waals surface area contributed by atoms with Gasteiger partial charge in [-0.05, 0) is 63.4 Å². The van der Waals surface area contributed by atoms with Gasteiger partial charge in [-0.15, -0.1) is 0 Å². The van der Waals surface area contributed by atoms with Crippen LogP contribution in [0.1, 0.15) is 64.8 Å². The third-order valence-corrected chi connectivity index (χ3v) is 7.27. The summed E-state index contributed by atoms with van der Waals surface area (Å²) in [6.07, 6.45) is 2.16. The van der Waals surface area contributed by atoms with Crippen LogP contribution in [0.5, 0.6) is 5.75 Å². The van der Waals surface area contributed by atoms with E-state index < -0.39 is 0 Å². The van der Waals surface area contributed by atoms with Crippen molar-refractivity contribution in [1.29, 1.82) is 5.26 Å². The Balaban J connectivity index is 1.67. The molecule has 1 aromatic carbocycles. The van der Waals surface area contributed by atoms with Crippen molar-refractivity contribution in [2.45, 2.75) is 71.7 Å². The summed E-state index contributed by atoms with van der Waals surface area (Å²) in [5, 5.41) is 9.44. The first-order chi connectivity index (χ1) is 17.3. The molecule has 1 unspecified atom stereocenters. The van der Waals surface area contributed by atoms with E-state index in [1.54, 1.807) is 23.7 Å². The fraction of sp³-hybridized carbons (Fsp3) is 0.483. The second kappa shape index (κ2) is 10.7. The normalized spacial score (nSPS) is 19.4. The number of anilines is 1. The molecule has 3 heterocycles. The fourth-order valence-electron chi connectivity index (χ4n) is 5.44. The van der Waals surface area contributed by atoms with E-state index in [9.17, 15) is 10.1 Å². The number of hydrogen-bond acceptors (Lipinski definition) is 6. The van der Waals surface area contributed by atoms with Gasteiger partial charge in [-0.1, -0.05) is 26.0 Å². The van der Waals surface area contributed by atoms with Gasteiger partial charge in [-0.2, -0.15) is 5.26 Å². The molecule has 3 atom stereocenters. The zero-order valence-corrected chi connectivity index (χ0v) is 22.2. The fourth-order valence-corrected chi connectivity index (χ4v) is 5.44. The van der Waals surface area contributed by atoms with Crippen LogP contribution in [0.3, 0.4) is 0 Å². The van der Waals surface area contributed by atoms with Crippen LogP contribution in [0.25, 0.3) is 11.0 Å². The Labute approximate surface area is 213 Å². The maximum atomic E-state index is 12.8. The molecule has 7 nitrogen and oxygen atoms in total. The molecule has 0 aliphatic carbocycles. The highest BCUT2D eigenvalue weighted by atomic mass is 16.5. The van der Waals surface area contributed by atoms with Crippen molar-refractivity contribution in [3.05, 3.63) is 64.1 Å². The van der Waals surface area contributed by atoms with Crippen molar-refractivity contribution in [2.75, 3.05) is 18.0 Å². The number of pyridine rings is 2. The van der Waals surface area contributed by atoms with Crippen molar-refractivity contribution in [3.8, 4) is 11.8 Å². The Kier molecular flexibility index (Phi) is 7.65. The molecule has 0 bridgehead atoms. The Morgan fingerprint density at radius 2 is 1.86 bits per heavy atom. The van der Waals surface area contributed by atoms with Crippen molar-refractivity contribution < 1.29 is 4.74 Å². The van der Waals surface area contributed by atoms with Crippen LogP contribution >= 0.6 is 0 Å². The van der Waals surface area contributed by atoms with Crippen molar-refractivity contribution >= 4 is 16.7 Å². The predicted octanol–water partition coefficient (Wildman–Crippen LogP) is 5.03. The number of aromatic nitrogens is 2. The molecular formula is C29H37N5O2. The standard InChI is InChI=1S/C29H37N5O2/c1-7-23-18-33(27-15-28(35)32(6)26-14-11-22(16-30)31-29(26)27)20(5)17-34(23)25(8-2)21-9-12-24(13-10-21)36-19(3)4/h9-15,19-20,23,25H,7-8,17-18H2,1-6H3/t20-,23+,25?/m0/s1. The van der Waals surface area contributed by atoms with Gasteiger partial charge < -0.3 is 14.2 Å². The van der Waals surface area contributed by atoms with Crippen molar-refractivity contribution in [3.63, 3.8) is 0 Å². The predicted molar refractivity (Wildman–Crippen MR) is 145 cm³/mol. The molecule has 1 saturated heterocycles. The lowest BCUT2D eigenvalue weighted by atomic mass is 9.95. The van der Waals surface area contributed by atoms with Crippen LogP contribution in [0.4, 0.5) is 5.69 Å². The maximum absolute atomic E-state index is 12.8. The lowest BCUT2D eigenvalue weighted by molar-refractivity contribution is 0.0943. The molecule has 2 aromatic heterocycles. The van der Waals surface area contributed by atoms with E-state index in [1.807, 2.05) is 19.9 Å². The second-order valence-corrected chi connectivity index (χ2v) is 10.0. The quantitative estimate of drug-likeness (QED) is 0.465. The number of nitriles is 1. The molecule has 1 aliphatic rings. The Bertz CT molecular complexity index is 1310. The van der Waals surface area contributed by atoms with E-state index in [1.165, 1.54) is 5.56 Å². The molecule has 3 aromatic rings. The summed E-state index contributed by atoms with van der Waals surface area (Å²) >= 11 is 0. The number of hydrogen-bond donors (Lipinski definition) is 0. The van der Waals surface area contributed by atoms with Gasteiger partial charge >= 0.3 is 0 Å². The molecular weight excluding hydrogens is 450 g/mol. The van der Waals surface area contributed by atoms with Crippen LogP contribution in [-0.2, 0) is 7.05 Å². The smallest absolute Gasteiger partial charge is 0.252 e. The van der Waals surface area contributed by atoms with E-state index in [-0.39, 0.29) is 17.7 Å². The first kappa shape index (κ1) is 25.7. The van der Waals surface area contributed by atoms with Gasteiger partial charge in [0.25, 0.3) is 5.56 Å². The van der Waals surface area contributed by atoms with Gasteiger partial charge in [0.05, 0.1) is 17.3 Å². The molecule has 7 heteroatoms. The zero-order valence-electron chi connectivity index (χ0n) is 22.2. The molecule has 0 amide bonds. The highest BCUT2D eigenvalue weighted by molar-refractivity contribution is 5.89. The van der Waals surface area contributed by atoms with E-state index in [4.69, 9.17) is 4.74 Å². The summed E-state index contributed by atoms with van der Waals surface area (Å²) in [7, 11) is 1.75. The largest absolute Gasteiger partial charge is 0.491 e. The summed E-state index contributed by atoms with van der Waals surface area (Å²) in [6, 6.07) is 16.6. The number of aryl methyl sites for hydroxylation is 1. The molecule has 1 fully saturated rings. The molecule has 0 N–H and O–H groups in total. The van der Waals surface area contributed by atoms with Gasteiger partial charge in [-0.3, -0.25) is 9.69 Å². The first-order valence-corrected chi connectivity index (χ1v) is 13.0. The Morgan fingerprint density at radius 1 is 1.14 bits per heavy atom. The number of rotatable bonds is 7. The average molecular weight is 488 g/mol. The lowest BCUT2D eigenvalue weighted by Gasteiger charge is -2.49. The van der Waals surface area contributed by atoms with E-state index >= 15 is 0 Å². The molecule has 0 radical (unpaired) electrons. The third kappa shape index (κ3) is 4.96. The maximum Gasteiger partial charge on any atom is 0.252 e. The Morgan fingerprint density at radius 3 is 2.47 bits per heavy atom. The topological polar surface area (TPSA) is 74.4 Å². The van der Waals surface area contributed by atoms with Gasteiger partial charge in [0.1, 0.15) is 23.0 Å².